The average molecular weight is 349 g/mol. The predicted octanol–water partition coefficient (Wildman–Crippen LogP) is 0.992. The molecule has 0 fully saturated rings. The van der Waals surface area contributed by atoms with Gasteiger partial charge >= 0.3 is 5.97 Å². The van der Waals surface area contributed by atoms with Crippen LogP contribution in [0.25, 0.3) is 0 Å². The van der Waals surface area contributed by atoms with Crippen LogP contribution in [-0.2, 0) is 20.8 Å². The first-order valence-electron chi connectivity index (χ1n) is 7.67. The van der Waals surface area contributed by atoms with Crippen LogP contribution in [0.4, 0.5) is 4.39 Å². The first kappa shape index (κ1) is 20.1. The normalized spacial score (nSPS) is 13.8. The third kappa shape index (κ3) is 6.59. The molecule has 3 atom stereocenters. The van der Waals surface area contributed by atoms with Crippen LogP contribution in [0.1, 0.15) is 25.8 Å². The largest absolute Gasteiger partial charge is 0.480 e. The number of rotatable bonds is 8. The van der Waals surface area contributed by atoms with E-state index < -0.39 is 41.6 Å². The Hall–Kier alpha value is -2.95. The monoisotopic (exact) mass is 349 g/mol. The first-order chi connectivity index (χ1) is 11.7. The van der Waals surface area contributed by atoms with Gasteiger partial charge in [0.1, 0.15) is 17.9 Å². The van der Waals surface area contributed by atoms with E-state index in [9.17, 15) is 23.9 Å². The van der Waals surface area contributed by atoms with E-state index in [1.54, 1.807) is 6.07 Å². The number of carbonyl (C=O) groups excluding carboxylic acids is 2. The molecule has 134 valence electrons. The summed E-state index contributed by atoms with van der Waals surface area (Å²) in [4.78, 5) is 35.0. The van der Waals surface area contributed by atoms with Crippen LogP contribution < -0.4 is 10.6 Å². The fraction of sp³-hybridized carbons (Fsp3) is 0.412. The van der Waals surface area contributed by atoms with Gasteiger partial charge in [0.2, 0.25) is 11.8 Å². The van der Waals surface area contributed by atoms with Gasteiger partial charge in [-0.15, -0.1) is 0 Å². The number of aliphatic carboxylic acids is 1. The van der Waals surface area contributed by atoms with Gasteiger partial charge in [-0.1, -0.05) is 18.2 Å². The molecule has 8 heteroatoms. The Balaban J connectivity index is 2.92. The zero-order chi connectivity index (χ0) is 19.0. The average Bonchev–Trinajstić information content (AvgIpc) is 2.54. The van der Waals surface area contributed by atoms with Crippen LogP contribution in [0, 0.1) is 23.1 Å². The number of amides is 2. The highest BCUT2D eigenvalue weighted by atomic mass is 19.1. The van der Waals surface area contributed by atoms with Crippen LogP contribution >= 0.6 is 0 Å². The maximum Gasteiger partial charge on any atom is 0.326 e. The standard InChI is InChI=1S/C17H20FN3O4/c1-10(9-19)7-15(17(24)25)21-16(23)14(20-11(2)22)8-12-5-3-4-6-13(12)18/h3-6,10,14-15H,7-8H2,1-2H3,(H,20,22)(H,21,23)(H,24,25)/t10-,14-,15+/m1/s1. The van der Waals surface area contributed by atoms with Gasteiger partial charge in [0.05, 0.1) is 6.07 Å². The molecule has 0 aliphatic carbocycles. The van der Waals surface area contributed by atoms with E-state index in [1.807, 2.05) is 6.07 Å². The fourth-order valence-corrected chi connectivity index (χ4v) is 2.24. The van der Waals surface area contributed by atoms with Gasteiger partial charge < -0.3 is 15.7 Å². The number of nitrogens with zero attached hydrogens (tertiary/aromatic N) is 1. The van der Waals surface area contributed by atoms with Crippen molar-refractivity contribution in [3.8, 4) is 6.07 Å². The van der Waals surface area contributed by atoms with Crippen molar-refractivity contribution in [2.75, 3.05) is 0 Å². The first-order valence-corrected chi connectivity index (χ1v) is 7.67. The topological polar surface area (TPSA) is 119 Å². The van der Waals surface area contributed by atoms with Crippen molar-refractivity contribution >= 4 is 17.8 Å². The van der Waals surface area contributed by atoms with Gasteiger partial charge in [0, 0.05) is 19.3 Å². The molecule has 2 amide bonds. The zero-order valence-electron chi connectivity index (χ0n) is 14.0. The summed E-state index contributed by atoms with van der Waals surface area (Å²) in [6.07, 6.45) is -0.206. The van der Waals surface area contributed by atoms with Gasteiger partial charge in [0.15, 0.2) is 0 Å². The molecule has 0 heterocycles. The second-order valence-electron chi connectivity index (χ2n) is 5.71. The SMILES string of the molecule is CC(=O)N[C@H](Cc1ccccc1F)C(=O)N[C@@H](C[C@@H](C)C#N)C(=O)O. The molecule has 0 unspecified atom stereocenters. The molecule has 0 saturated carbocycles. The van der Waals surface area contributed by atoms with Crippen molar-refractivity contribution in [2.45, 2.75) is 38.8 Å². The number of carboxylic acid groups (broad SMARTS) is 1. The number of nitrogens with one attached hydrogen (secondary N) is 2. The Morgan fingerprint density at radius 2 is 1.88 bits per heavy atom. The molecule has 0 aromatic heterocycles. The van der Waals surface area contributed by atoms with Gasteiger partial charge in [0.25, 0.3) is 0 Å². The number of nitriles is 1. The third-order valence-electron chi connectivity index (χ3n) is 3.50. The minimum absolute atomic E-state index is 0.0793. The van der Waals surface area contributed by atoms with E-state index in [0.29, 0.717) is 0 Å². The van der Waals surface area contributed by atoms with Crippen LogP contribution in [0.2, 0.25) is 0 Å². The number of hydrogen-bond donors (Lipinski definition) is 3. The fourth-order valence-electron chi connectivity index (χ4n) is 2.24. The second-order valence-corrected chi connectivity index (χ2v) is 5.71. The van der Waals surface area contributed by atoms with E-state index in [1.165, 1.54) is 32.0 Å². The highest BCUT2D eigenvalue weighted by Crippen LogP contribution is 2.11. The Morgan fingerprint density at radius 1 is 1.24 bits per heavy atom. The van der Waals surface area contributed by atoms with Crippen molar-refractivity contribution in [1.82, 2.24) is 10.6 Å². The molecule has 0 radical (unpaired) electrons. The lowest BCUT2D eigenvalue weighted by Gasteiger charge is -2.21. The molecule has 0 aliphatic rings. The van der Waals surface area contributed by atoms with Crippen molar-refractivity contribution < 1.29 is 23.9 Å². The number of hydrogen-bond acceptors (Lipinski definition) is 4. The summed E-state index contributed by atoms with van der Waals surface area (Å²) in [6, 6.07) is 5.28. The second kappa shape index (κ2) is 9.37. The Labute approximate surface area is 144 Å². The minimum Gasteiger partial charge on any atom is -0.480 e. The van der Waals surface area contributed by atoms with Crippen LogP contribution in [0.3, 0.4) is 0 Å². The molecule has 0 aliphatic heterocycles. The molecule has 1 aromatic rings. The summed E-state index contributed by atoms with van der Waals surface area (Å²) in [6.45, 7) is 2.74. The molecular weight excluding hydrogens is 329 g/mol. The Kier molecular flexibility index (Phi) is 7.53. The summed E-state index contributed by atoms with van der Waals surface area (Å²) in [5.74, 6) is -3.65. The van der Waals surface area contributed by atoms with Gasteiger partial charge in [-0.05, 0) is 25.0 Å². The molecular formula is C17H20FN3O4. The third-order valence-corrected chi connectivity index (χ3v) is 3.50. The quantitative estimate of drug-likeness (QED) is 0.647. The predicted molar refractivity (Wildman–Crippen MR) is 86.7 cm³/mol. The van der Waals surface area contributed by atoms with E-state index >= 15 is 0 Å². The summed E-state index contributed by atoms with van der Waals surface area (Å²) >= 11 is 0. The number of carboxylic acids is 1. The van der Waals surface area contributed by atoms with Gasteiger partial charge in [-0.2, -0.15) is 5.26 Å². The summed E-state index contributed by atoms with van der Waals surface area (Å²) in [5.41, 5.74) is 0.216. The molecule has 25 heavy (non-hydrogen) atoms. The van der Waals surface area contributed by atoms with E-state index in [-0.39, 0.29) is 18.4 Å². The summed E-state index contributed by atoms with van der Waals surface area (Å²) < 4.78 is 13.8. The molecule has 0 saturated heterocycles. The molecule has 1 aromatic carbocycles. The van der Waals surface area contributed by atoms with Crippen LogP contribution in [-0.4, -0.2) is 35.0 Å². The lowest BCUT2D eigenvalue weighted by Crippen LogP contribution is -2.52. The highest BCUT2D eigenvalue weighted by Gasteiger charge is 2.27. The maximum atomic E-state index is 13.8. The van der Waals surface area contributed by atoms with Gasteiger partial charge in [-0.3, -0.25) is 9.59 Å². The van der Waals surface area contributed by atoms with Crippen molar-refractivity contribution in [2.24, 2.45) is 5.92 Å². The van der Waals surface area contributed by atoms with Crippen LogP contribution in [0.5, 0.6) is 0 Å². The summed E-state index contributed by atoms with van der Waals surface area (Å²) in [7, 11) is 0. The smallest absolute Gasteiger partial charge is 0.326 e. The molecule has 7 nitrogen and oxygen atoms in total. The Morgan fingerprint density at radius 3 is 2.40 bits per heavy atom. The minimum atomic E-state index is -1.29. The zero-order valence-corrected chi connectivity index (χ0v) is 14.0. The molecule has 0 bridgehead atoms. The lowest BCUT2D eigenvalue weighted by molar-refractivity contribution is -0.142. The Bertz CT molecular complexity index is 687. The number of carbonyl (C=O) groups is 3. The van der Waals surface area contributed by atoms with Crippen molar-refractivity contribution in [3.05, 3.63) is 35.6 Å². The van der Waals surface area contributed by atoms with Crippen LogP contribution in [0.15, 0.2) is 24.3 Å². The molecule has 1 rings (SSSR count). The summed E-state index contributed by atoms with van der Waals surface area (Å²) in [5, 5.41) is 22.7. The van der Waals surface area contributed by atoms with E-state index in [0.717, 1.165) is 0 Å². The maximum absolute atomic E-state index is 13.8. The molecule has 3 N–H and O–H groups in total. The van der Waals surface area contributed by atoms with E-state index in [4.69, 9.17) is 5.26 Å². The lowest BCUT2D eigenvalue weighted by atomic mass is 10.0. The number of halogens is 1. The molecule has 0 spiro atoms. The number of benzene rings is 1. The highest BCUT2D eigenvalue weighted by molar-refractivity contribution is 5.90. The van der Waals surface area contributed by atoms with Crippen molar-refractivity contribution in [1.29, 1.82) is 5.26 Å². The van der Waals surface area contributed by atoms with E-state index in [2.05, 4.69) is 10.6 Å². The van der Waals surface area contributed by atoms with Crippen molar-refractivity contribution in [3.63, 3.8) is 0 Å². The van der Waals surface area contributed by atoms with Gasteiger partial charge in [-0.25, -0.2) is 9.18 Å².